The van der Waals surface area contributed by atoms with Crippen LogP contribution < -0.4 is 4.74 Å². The molecule has 0 bridgehead atoms. The van der Waals surface area contributed by atoms with Crippen LogP contribution in [0.5, 0.6) is 5.75 Å². The molecule has 0 aliphatic rings. The van der Waals surface area contributed by atoms with E-state index in [9.17, 15) is 0 Å². The highest BCUT2D eigenvalue weighted by molar-refractivity contribution is 5.82. The van der Waals surface area contributed by atoms with E-state index in [1.54, 1.807) is 0 Å². The molecule has 0 saturated carbocycles. The first kappa shape index (κ1) is 22.2. The number of benzene rings is 2. The number of ether oxygens (including phenoxy) is 1. The SMILES string of the molecule is CCCCCCCCCCCCOc1ccc(/C=N/c2ccc(C)cc2)cc1. The van der Waals surface area contributed by atoms with Crippen LogP contribution in [0.25, 0.3) is 0 Å². The molecule has 0 saturated heterocycles. The average molecular weight is 380 g/mol. The van der Waals surface area contributed by atoms with Gasteiger partial charge in [-0.25, -0.2) is 0 Å². The molecule has 0 N–H and O–H groups in total. The van der Waals surface area contributed by atoms with Crippen LogP contribution in [0.15, 0.2) is 53.5 Å². The third-order valence-electron chi connectivity index (χ3n) is 5.04. The lowest BCUT2D eigenvalue weighted by molar-refractivity contribution is 0.304. The van der Waals surface area contributed by atoms with Gasteiger partial charge in [0.2, 0.25) is 0 Å². The topological polar surface area (TPSA) is 21.6 Å². The van der Waals surface area contributed by atoms with Gasteiger partial charge in [-0.3, -0.25) is 4.99 Å². The number of aryl methyl sites for hydroxylation is 1. The summed E-state index contributed by atoms with van der Waals surface area (Å²) >= 11 is 0. The number of unbranched alkanes of at least 4 members (excludes halogenated alkanes) is 9. The molecule has 0 spiro atoms. The van der Waals surface area contributed by atoms with E-state index in [1.165, 1.54) is 63.4 Å². The zero-order valence-electron chi connectivity index (χ0n) is 17.8. The van der Waals surface area contributed by atoms with E-state index < -0.39 is 0 Å². The van der Waals surface area contributed by atoms with Crippen molar-refractivity contribution in [3.05, 3.63) is 59.7 Å². The summed E-state index contributed by atoms with van der Waals surface area (Å²) < 4.78 is 5.86. The number of hydrogen-bond acceptors (Lipinski definition) is 2. The molecule has 0 aliphatic carbocycles. The Labute approximate surface area is 172 Å². The molecule has 2 aromatic rings. The summed E-state index contributed by atoms with van der Waals surface area (Å²) in [6, 6.07) is 16.4. The van der Waals surface area contributed by atoms with Gasteiger partial charge in [-0.05, 0) is 55.3 Å². The Morgan fingerprint density at radius 1 is 0.714 bits per heavy atom. The molecule has 0 heterocycles. The maximum absolute atomic E-state index is 5.86. The lowest BCUT2D eigenvalue weighted by atomic mass is 10.1. The fraction of sp³-hybridized carbons (Fsp3) is 0.500. The minimum atomic E-state index is 0.813. The van der Waals surface area contributed by atoms with E-state index in [4.69, 9.17) is 4.74 Å². The van der Waals surface area contributed by atoms with Crippen LogP contribution in [0.1, 0.15) is 82.3 Å². The van der Waals surface area contributed by atoms with Crippen molar-refractivity contribution in [2.24, 2.45) is 4.99 Å². The molecule has 0 atom stereocenters. The van der Waals surface area contributed by atoms with Gasteiger partial charge in [0.05, 0.1) is 12.3 Å². The maximum atomic E-state index is 5.86. The van der Waals surface area contributed by atoms with E-state index in [0.717, 1.165) is 30.0 Å². The van der Waals surface area contributed by atoms with E-state index in [2.05, 4.69) is 43.1 Å². The quantitative estimate of drug-likeness (QED) is 0.240. The second kappa shape index (κ2) is 14.0. The van der Waals surface area contributed by atoms with Gasteiger partial charge in [-0.1, -0.05) is 82.4 Å². The summed E-state index contributed by atoms with van der Waals surface area (Å²) in [5.41, 5.74) is 3.32. The highest BCUT2D eigenvalue weighted by atomic mass is 16.5. The molecular weight excluding hydrogens is 342 g/mol. The zero-order chi connectivity index (χ0) is 19.9. The molecule has 2 aromatic carbocycles. The van der Waals surface area contributed by atoms with Crippen LogP contribution in [-0.4, -0.2) is 12.8 Å². The Bertz CT molecular complexity index is 658. The number of nitrogens with zero attached hydrogens (tertiary/aromatic N) is 1. The molecule has 0 unspecified atom stereocenters. The van der Waals surface area contributed by atoms with Crippen molar-refractivity contribution >= 4 is 11.9 Å². The number of hydrogen-bond donors (Lipinski definition) is 0. The lowest BCUT2D eigenvalue weighted by Crippen LogP contribution is -1.97. The molecule has 2 rings (SSSR count). The van der Waals surface area contributed by atoms with Crippen LogP contribution in [0.2, 0.25) is 0 Å². The van der Waals surface area contributed by atoms with Crippen molar-refractivity contribution in [1.29, 1.82) is 0 Å². The Morgan fingerprint density at radius 2 is 1.29 bits per heavy atom. The molecule has 2 nitrogen and oxygen atoms in total. The first-order chi connectivity index (χ1) is 13.8. The molecule has 0 amide bonds. The van der Waals surface area contributed by atoms with Crippen molar-refractivity contribution in [2.45, 2.75) is 78.1 Å². The third-order valence-corrected chi connectivity index (χ3v) is 5.04. The highest BCUT2D eigenvalue weighted by Crippen LogP contribution is 2.15. The summed E-state index contributed by atoms with van der Waals surface area (Å²) in [6.45, 7) is 5.17. The lowest BCUT2D eigenvalue weighted by Gasteiger charge is -2.06. The molecule has 0 aliphatic heterocycles. The van der Waals surface area contributed by atoms with Crippen molar-refractivity contribution in [3.63, 3.8) is 0 Å². The van der Waals surface area contributed by atoms with Crippen LogP contribution >= 0.6 is 0 Å². The normalized spacial score (nSPS) is 11.2. The van der Waals surface area contributed by atoms with Crippen molar-refractivity contribution in [1.82, 2.24) is 0 Å². The van der Waals surface area contributed by atoms with Gasteiger partial charge in [0.15, 0.2) is 0 Å². The number of rotatable bonds is 14. The minimum Gasteiger partial charge on any atom is -0.494 e. The first-order valence-corrected chi connectivity index (χ1v) is 11.1. The van der Waals surface area contributed by atoms with Crippen molar-refractivity contribution < 1.29 is 4.74 Å². The summed E-state index contributed by atoms with van der Waals surface area (Å²) in [5.74, 6) is 0.948. The van der Waals surface area contributed by atoms with Crippen LogP contribution in [0.4, 0.5) is 5.69 Å². The monoisotopic (exact) mass is 379 g/mol. The Kier molecular flexibility index (Phi) is 11.1. The molecule has 0 aromatic heterocycles. The number of aliphatic imine (C=N–C) groups is 1. The fourth-order valence-corrected chi connectivity index (χ4v) is 3.21. The molecule has 0 radical (unpaired) electrons. The molecule has 0 fully saturated rings. The highest BCUT2D eigenvalue weighted by Gasteiger charge is 1.96. The smallest absolute Gasteiger partial charge is 0.119 e. The molecule has 2 heteroatoms. The molecule has 28 heavy (non-hydrogen) atoms. The second-order valence-electron chi connectivity index (χ2n) is 7.69. The van der Waals surface area contributed by atoms with Gasteiger partial charge >= 0.3 is 0 Å². The summed E-state index contributed by atoms with van der Waals surface area (Å²) in [7, 11) is 0. The summed E-state index contributed by atoms with van der Waals surface area (Å²) in [6.07, 6.45) is 15.4. The molecule has 152 valence electrons. The summed E-state index contributed by atoms with van der Waals surface area (Å²) in [4.78, 5) is 4.51. The third kappa shape index (κ3) is 9.73. The van der Waals surface area contributed by atoms with Crippen LogP contribution in [0.3, 0.4) is 0 Å². The standard InChI is InChI=1S/C26H37NO/c1-3-4-5-6-7-8-9-10-11-12-21-28-26-19-15-24(16-20-26)22-27-25-17-13-23(2)14-18-25/h13-20,22H,3-12,21H2,1-2H3/b27-22+. The van der Waals surface area contributed by atoms with Crippen molar-refractivity contribution in [2.75, 3.05) is 6.61 Å². The van der Waals surface area contributed by atoms with Gasteiger partial charge in [0.1, 0.15) is 5.75 Å². The Hall–Kier alpha value is -2.09. The largest absolute Gasteiger partial charge is 0.494 e. The predicted molar refractivity (Wildman–Crippen MR) is 122 cm³/mol. The van der Waals surface area contributed by atoms with E-state index in [0.29, 0.717) is 0 Å². The van der Waals surface area contributed by atoms with Crippen LogP contribution in [-0.2, 0) is 0 Å². The van der Waals surface area contributed by atoms with Gasteiger partial charge in [0, 0.05) is 6.21 Å². The van der Waals surface area contributed by atoms with E-state index >= 15 is 0 Å². The average Bonchev–Trinajstić information content (AvgIpc) is 2.72. The van der Waals surface area contributed by atoms with Gasteiger partial charge in [-0.2, -0.15) is 0 Å². The van der Waals surface area contributed by atoms with Crippen molar-refractivity contribution in [3.8, 4) is 5.75 Å². The maximum Gasteiger partial charge on any atom is 0.119 e. The zero-order valence-corrected chi connectivity index (χ0v) is 17.8. The predicted octanol–water partition coefficient (Wildman–Crippen LogP) is 8.05. The van der Waals surface area contributed by atoms with E-state index in [-0.39, 0.29) is 0 Å². The fourth-order valence-electron chi connectivity index (χ4n) is 3.21. The van der Waals surface area contributed by atoms with Crippen LogP contribution in [0, 0.1) is 6.92 Å². The second-order valence-corrected chi connectivity index (χ2v) is 7.69. The first-order valence-electron chi connectivity index (χ1n) is 11.1. The minimum absolute atomic E-state index is 0.813. The van der Waals surface area contributed by atoms with Gasteiger partial charge in [-0.15, -0.1) is 0 Å². The Morgan fingerprint density at radius 3 is 1.89 bits per heavy atom. The summed E-state index contributed by atoms with van der Waals surface area (Å²) in [5, 5.41) is 0. The van der Waals surface area contributed by atoms with E-state index in [1.807, 2.05) is 30.5 Å². The molecular formula is C26H37NO. The van der Waals surface area contributed by atoms with Gasteiger partial charge in [0.25, 0.3) is 0 Å². The van der Waals surface area contributed by atoms with Gasteiger partial charge < -0.3 is 4.74 Å². The Balaban J connectivity index is 1.54.